The molecule has 0 radical (unpaired) electrons. The molecule has 1 unspecified atom stereocenters. The fourth-order valence-corrected chi connectivity index (χ4v) is 3.17. The molecule has 1 heterocycles. The molecular formula is C17H14FNOS. The zero-order chi connectivity index (χ0) is 14.8. The van der Waals surface area contributed by atoms with E-state index < -0.39 is 6.10 Å². The first-order valence-corrected chi connectivity index (χ1v) is 7.43. The van der Waals surface area contributed by atoms with Gasteiger partial charge >= 0.3 is 0 Å². The first kappa shape index (κ1) is 13.9. The standard InChI is InChI=1S/C17H14FNOS/c1-11-15(13-8-5-9-14(18)10-13)19-17(21-11)16(20)12-6-3-2-4-7-12/h2-10,16,20H,1H3. The number of aryl methyl sites for hydroxylation is 1. The van der Waals surface area contributed by atoms with E-state index in [0.29, 0.717) is 5.01 Å². The van der Waals surface area contributed by atoms with Crippen LogP contribution < -0.4 is 0 Å². The van der Waals surface area contributed by atoms with E-state index in [9.17, 15) is 9.50 Å². The van der Waals surface area contributed by atoms with Gasteiger partial charge in [0.05, 0.1) is 5.69 Å². The number of aliphatic hydroxyl groups is 1. The van der Waals surface area contributed by atoms with Crippen LogP contribution in [0.1, 0.15) is 21.6 Å². The number of thiazole rings is 1. The molecule has 1 aromatic heterocycles. The number of rotatable bonds is 3. The summed E-state index contributed by atoms with van der Waals surface area (Å²) < 4.78 is 13.3. The van der Waals surface area contributed by atoms with Crippen LogP contribution in [0.25, 0.3) is 11.3 Å². The van der Waals surface area contributed by atoms with Gasteiger partial charge in [0.2, 0.25) is 0 Å². The van der Waals surface area contributed by atoms with Crippen LogP contribution in [0.15, 0.2) is 54.6 Å². The maximum atomic E-state index is 13.3. The van der Waals surface area contributed by atoms with E-state index in [4.69, 9.17) is 0 Å². The molecule has 0 fully saturated rings. The second kappa shape index (κ2) is 5.76. The van der Waals surface area contributed by atoms with Crippen molar-refractivity contribution in [3.8, 4) is 11.3 Å². The molecule has 1 atom stereocenters. The third-order valence-electron chi connectivity index (χ3n) is 3.26. The third-order valence-corrected chi connectivity index (χ3v) is 4.28. The molecule has 3 aromatic rings. The summed E-state index contributed by atoms with van der Waals surface area (Å²) in [5, 5.41) is 11.0. The molecule has 0 saturated heterocycles. The SMILES string of the molecule is Cc1sc(C(O)c2ccccc2)nc1-c1cccc(F)c1. The summed E-state index contributed by atoms with van der Waals surface area (Å²) >= 11 is 1.43. The quantitative estimate of drug-likeness (QED) is 0.780. The van der Waals surface area contributed by atoms with Crippen molar-refractivity contribution in [2.24, 2.45) is 0 Å². The van der Waals surface area contributed by atoms with Gasteiger partial charge in [-0.2, -0.15) is 0 Å². The van der Waals surface area contributed by atoms with Crippen LogP contribution in [0, 0.1) is 12.7 Å². The Bertz CT molecular complexity index is 754. The minimum atomic E-state index is -0.753. The lowest BCUT2D eigenvalue weighted by atomic mass is 10.1. The van der Waals surface area contributed by atoms with Gasteiger partial charge in [0.25, 0.3) is 0 Å². The van der Waals surface area contributed by atoms with Crippen LogP contribution in [-0.2, 0) is 0 Å². The fraction of sp³-hybridized carbons (Fsp3) is 0.118. The first-order valence-electron chi connectivity index (χ1n) is 6.61. The first-order chi connectivity index (χ1) is 10.1. The lowest BCUT2D eigenvalue weighted by Crippen LogP contribution is -1.98. The molecular weight excluding hydrogens is 285 g/mol. The second-order valence-electron chi connectivity index (χ2n) is 4.78. The summed E-state index contributed by atoms with van der Waals surface area (Å²) in [4.78, 5) is 5.46. The summed E-state index contributed by atoms with van der Waals surface area (Å²) in [5.41, 5.74) is 2.26. The molecule has 21 heavy (non-hydrogen) atoms. The van der Waals surface area contributed by atoms with Crippen LogP contribution in [-0.4, -0.2) is 10.1 Å². The minimum Gasteiger partial charge on any atom is -0.381 e. The van der Waals surface area contributed by atoms with E-state index in [1.807, 2.05) is 43.3 Å². The van der Waals surface area contributed by atoms with Crippen molar-refractivity contribution in [1.29, 1.82) is 0 Å². The Kier molecular flexibility index (Phi) is 3.82. The van der Waals surface area contributed by atoms with Gasteiger partial charge in [-0.25, -0.2) is 9.37 Å². The molecule has 2 nitrogen and oxygen atoms in total. The molecule has 0 aliphatic rings. The van der Waals surface area contributed by atoms with Gasteiger partial charge in [0.1, 0.15) is 16.9 Å². The molecule has 3 rings (SSSR count). The van der Waals surface area contributed by atoms with Crippen LogP contribution in [0.4, 0.5) is 4.39 Å². The number of halogens is 1. The Balaban J connectivity index is 1.98. The third kappa shape index (κ3) is 2.86. The van der Waals surface area contributed by atoms with E-state index in [1.165, 1.54) is 23.5 Å². The Labute approximate surface area is 126 Å². The molecule has 0 aliphatic heterocycles. The minimum absolute atomic E-state index is 0.287. The highest BCUT2D eigenvalue weighted by Gasteiger charge is 2.17. The van der Waals surface area contributed by atoms with E-state index in [1.54, 1.807) is 6.07 Å². The fourth-order valence-electron chi connectivity index (χ4n) is 2.22. The zero-order valence-corrected chi connectivity index (χ0v) is 12.3. The summed E-state index contributed by atoms with van der Waals surface area (Å²) in [7, 11) is 0. The van der Waals surface area contributed by atoms with Crippen molar-refractivity contribution in [2.75, 3.05) is 0 Å². The molecule has 0 saturated carbocycles. The predicted molar refractivity (Wildman–Crippen MR) is 82.7 cm³/mol. The zero-order valence-electron chi connectivity index (χ0n) is 11.5. The van der Waals surface area contributed by atoms with E-state index in [-0.39, 0.29) is 5.82 Å². The largest absolute Gasteiger partial charge is 0.381 e. The molecule has 0 bridgehead atoms. The van der Waals surface area contributed by atoms with Crippen molar-refractivity contribution in [2.45, 2.75) is 13.0 Å². The van der Waals surface area contributed by atoms with Gasteiger partial charge in [-0.15, -0.1) is 11.3 Å². The van der Waals surface area contributed by atoms with Gasteiger partial charge < -0.3 is 5.11 Å². The average molecular weight is 299 g/mol. The van der Waals surface area contributed by atoms with Gasteiger partial charge in [-0.05, 0) is 24.6 Å². The Morgan fingerprint density at radius 3 is 2.57 bits per heavy atom. The monoisotopic (exact) mass is 299 g/mol. The smallest absolute Gasteiger partial charge is 0.131 e. The average Bonchev–Trinajstić information content (AvgIpc) is 2.89. The number of aliphatic hydroxyl groups excluding tert-OH is 1. The van der Waals surface area contributed by atoms with Crippen LogP contribution in [0.3, 0.4) is 0 Å². The number of benzene rings is 2. The molecule has 0 aliphatic carbocycles. The summed E-state index contributed by atoms with van der Waals surface area (Å²) in [5.74, 6) is -0.287. The molecule has 4 heteroatoms. The van der Waals surface area contributed by atoms with Crippen LogP contribution in [0.2, 0.25) is 0 Å². The topological polar surface area (TPSA) is 33.1 Å². The van der Waals surface area contributed by atoms with Crippen molar-refractivity contribution in [1.82, 2.24) is 4.98 Å². The maximum Gasteiger partial charge on any atom is 0.131 e. The highest BCUT2D eigenvalue weighted by Crippen LogP contribution is 2.33. The Morgan fingerprint density at radius 1 is 1.10 bits per heavy atom. The van der Waals surface area contributed by atoms with Gasteiger partial charge in [0, 0.05) is 10.4 Å². The van der Waals surface area contributed by atoms with Gasteiger partial charge in [0.15, 0.2) is 0 Å². The number of aromatic nitrogens is 1. The predicted octanol–water partition coefficient (Wildman–Crippen LogP) is 4.34. The lowest BCUT2D eigenvalue weighted by molar-refractivity contribution is 0.220. The normalized spacial score (nSPS) is 12.3. The van der Waals surface area contributed by atoms with Crippen molar-refractivity contribution in [3.63, 3.8) is 0 Å². The molecule has 1 N–H and O–H groups in total. The maximum absolute atomic E-state index is 13.3. The second-order valence-corrected chi connectivity index (χ2v) is 6.02. The molecule has 0 amide bonds. The molecule has 2 aromatic carbocycles. The summed E-state index contributed by atoms with van der Waals surface area (Å²) in [6, 6.07) is 15.7. The number of hydrogen-bond donors (Lipinski definition) is 1. The Morgan fingerprint density at radius 2 is 1.86 bits per heavy atom. The van der Waals surface area contributed by atoms with Gasteiger partial charge in [-0.1, -0.05) is 42.5 Å². The van der Waals surface area contributed by atoms with E-state index in [2.05, 4.69) is 4.98 Å². The lowest BCUT2D eigenvalue weighted by Gasteiger charge is -2.06. The van der Waals surface area contributed by atoms with Crippen molar-refractivity contribution >= 4 is 11.3 Å². The van der Waals surface area contributed by atoms with Gasteiger partial charge in [-0.3, -0.25) is 0 Å². The van der Waals surface area contributed by atoms with Crippen LogP contribution >= 0.6 is 11.3 Å². The summed E-state index contributed by atoms with van der Waals surface area (Å²) in [6.45, 7) is 1.93. The van der Waals surface area contributed by atoms with E-state index >= 15 is 0 Å². The Hall–Kier alpha value is -2.04. The van der Waals surface area contributed by atoms with Crippen LogP contribution in [0.5, 0.6) is 0 Å². The molecule has 106 valence electrons. The highest BCUT2D eigenvalue weighted by atomic mass is 32.1. The van der Waals surface area contributed by atoms with E-state index in [0.717, 1.165) is 21.7 Å². The highest BCUT2D eigenvalue weighted by molar-refractivity contribution is 7.12. The van der Waals surface area contributed by atoms with Crippen molar-refractivity contribution in [3.05, 3.63) is 75.9 Å². The number of hydrogen-bond acceptors (Lipinski definition) is 3. The van der Waals surface area contributed by atoms with Crippen molar-refractivity contribution < 1.29 is 9.50 Å². The summed E-state index contributed by atoms with van der Waals surface area (Å²) in [6.07, 6.45) is -0.753. The molecule has 0 spiro atoms. The number of nitrogens with zero attached hydrogens (tertiary/aromatic N) is 1.